The number of carbonyl (C=O) groups excluding carboxylic acids is 1. The second-order valence-electron chi connectivity index (χ2n) is 4.08. The number of nitrogens with two attached hydrogens (primary N) is 1. The average Bonchev–Trinajstić information content (AvgIpc) is 2.46. The predicted molar refractivity (Wildman–Crippen MR) is 83.4 cm³/mol. The van der Waals surface area contributed by atoms with Crippen molar-refractivity contribution in [3.63, 3.8) is 0 Å². The van der Waals surface area contributed by atoms with Gasteiger partial charge in [0.05, 0.1) is 11.4 Å². The van der Waals surface area contributed by atoms with E-state index < -0.39 is 5.82 Å². The lowest BCUT2D eigenvalue weighted by atomic mass is 10.2. The van der Waals surface area contributed by atoms with Gasteiger partial charge in [-0.1, -0.05) is 0 Å². The molecule has 1 aliphatic heterocycles. The van der Waals surface area contributed by atoms with Gasteiger partial charge in [-0.2, -0.15) is 0 Å². The molecule has 0 aliphatic carbocycles. The SMILES string of the molecule is C#C.CN(N)C(=S)Nc1cc2c(cc1F)OCC(=O)N2C. The summed E-state index contributed by atoms with van der Waals surface area (Å²) in [5.41, 5.74) is 0.605. The number of hydrazine groups is 1. The summed E-state index contributed by atoms with van der Waals surface area (Å²) < 4.78 is 19.0. The number of likely N-dealkylation sites (N-methyl/N-ethyl adjacent to an activating group) is 1. The van der Waals surface area contributed by atoms with E-state index in [0.717, 1.165) is 5.01 Å². The molecule has 21 heavy (non-hydrogen) atoms. The van der Waals surface area contributed by atoms with Crippen LogP contribution in [0.3, 0.4) is 0 Å². The van der Waals surface area contributed by atoms with E-state index in [1.807, 2.05) is 0 Å². The Kier molecular flexibility index (Phi) is 5.46. The summed E-state index contributed by atoms with van der Waals surface area (Å²) in [6.07, 6.45) is 8.00. The predicted octanol–water partition coefficient (Wildman–Crippen LogP) is 0.933. The fraction of sp³-hybridized carbons (Fsp3) is 0.231. The van der Waals surface area contributed by atoms with Gasteiger partial charge in [0.2, 0.25) is 0 Å². The summed E-state index contributed by atoms with van der Waals surface area (Å²) in [4.78, 5) is 12.9. The molecule has 0 saturated carbocycles. The third kappa shape index (κ3) is 3.59. The van der Waals surface area contributed by atoms with Gasteiger partial charge in [-0.25, -0.2) is 10.2 Å². The second kappa shape index (κ2) is 6.88. The number of terminal acetylenes is 1. The van der Waals surface area contributed by atoms with Crippen LogP contribution >= 0.6 is 12.2 Å². The number of ether oxygens (including phenoxy) is 1. The Morgan fingerprint density at radius 2 is 2.19 bits per heavy atom. The van der Waals surface area contributed by atoms with Crippen LogP contribution in [0.15, 0.2) is 12.1 Å². The van der Waals surface area contributed by atoms with Gasteiger partial charge in [0.25, 0.3) is 5.91 Å². The molecule has 0 spiro atoms. The number of carbonyl (C=O) groups is 1. The Labute approximate surface area is 127 Å². The van der Waals surface area contributed by atoms with E-state index >= 15 is 0 Å². The van der Waals surface area contributed by atoms with E-state index in [0.29, 0.717) is 11.4 Å². The minimum atomic E-state index is -0.536. The molecule has 1 heterocycles. The number of thiocarbonyl (C=S) groups is 1. The maximum Gasteiger partial charge on any atom is 0.264 e. The van der Waals surface area contributed by atoms with E-state index in [1.54, 1.807) is 7.05 Å². The van der Waals surface area contributed by atoms with Gasteiger partial charge in [0.1, 0.15) is 5.75 Å². The first kappa shape index (κ1) is 16.7. The molecule has 2 rings (SSSR count). The molecule has 6 nitrogen and oxygen atoms in total. The lowest BCUT2D eigenvalue weighted by Crippen LogP contribution is -2.37. The number of nitrogens with one attached hydrogen (secondary N) is 1. The van der Waals surface area contributed by atoms with Crippen LogP contribution < -0.4 is 20.8 Å². The zero-order valence-corrected chi connectivity index (χ0v) is 12.4. The van der Waals surface area contributed by atoms with Gasteiger partial charge in [0.15, 0.2) is 17.5 Å². The van der Waals surface area contributed by atoms with Crippen molar-refractivity contribution in [2.45, 2.75) is 0 Å². The summed E-state index contributed by atoms with van der Waals surface area (Å²) in [6, 6.07) is 2.66. The van der Waals surface area contributed by atoms with Gasteiger partial charge in [-0.3, -0.25) is 9.80 Å². The number of halogens is 1. The van der Waals surface area contributed by atoms with E-state index in [-0.39, 0.29) is 23.3 Å². The zero-order chi connectivity index (χ0) is 16.2. The average molecular weight is 310 g/mol. The third-order valence-corrected chi connectivity index (χ3v) is 3.09. The summed E-state index contributed by atoms with van der Waals surface area (Å²) in [6.45, 7) is -0.0976. The summed E-state index contributed by atoms with van der Waals surface area (Å²) in [7, 11) is 3.13. The highest BCUT2D eigenvalue weighted by molar-refractivity contribution is 7.80. The van der Waals surface area contributed by atoms with E-state index in [2.05, 4.69) is 18.2 Å². The molecule has 0 bridgehead atoms. The topological polar surface area (TPSA) is 70.8 Å². The number of nitrogens with zero attached hydrogens (tertiary/aromatic N) is 2. The number of hydrogen-bond acceptors (Lipinski definition) is 4. The first-order chi connectivity index (χ1) is 9.90. The molecular formula is C13H15FN4O2S. The van der Waals surface area contributed by atoms with Gasteiger partial charge in [-0.05, 0) is 18.3 Å². The Hall–Kier alpha value is -2.37. The highest BCUT2D eigenvalue weighted by atomic mass is 32.1. The van der Waals surface area contributed by atoms with Crippen LogP contribution in [0.5, 0.6) is 5.75 Å². The van der Waals surface area contributed by atoms with Crippen molar-refractivity contribution in [3.8, 4) is 18.6 Å². The molecule has 0 atom stereocenters. The van der Waals surface area contributed by atoms with E-state index in [1.165, 1.54) is 24.1 Å². The number of amides is 1. The molecule has 1 amide bonds. The molecular weight excluding hydrogens is 295 g/mol. The van der Waals surface area contributed by atoms with Gasteiger partial charge < -0.3 is 15.0 Å². The van der Waals surface area contributed by atoms with Gasteiger partial charge in [-0.15, -0.1) is 12.8 Å². The van der Waals surface area contributed by atoms with Gasteiger partial charge in [0, 0.05) is 20.2 Å². The van der Waals surface area contributed by atoms with Crippen molar-refractivity contribution in [1.29, 1.82) is 0 Å². The third-order valence-electron chi connectivity index (χ3n) is 2.70. The largest absolute Gasteiger partial charge is 0.481 e. The second-order valence-corrected chi connectivity index (χ2v) is 4.47. The standard InChI is InChI=1S/C11H13FN4O2S.C2H2/c1-15-8-4-7(14-11(19)16(2)13)6(12)3-9(8)18-5-10(15)17;1-2/h3-4H,5,13H2,1-2H3,(H,14,19);1-2H. The van der Waals surface area contributed by atoms with Crippen molar-refractivity contribution in [2.75, 3.05) is 30.9 Å². The smallest absolute Gasteiger partial charge is 0.264 e. The lowest BCUT2D eigenvalue weighted by molar-refractivity contribution is -0.120. The molecule has 0 radical (unpaired) electrons. The summed E-state index contributed by atoms with van der Waals surface area (Å²) >= 11 is 4.94. The fourth-order valence-electron chi connectivity index (χ4n) is 1.59. The van der Waals surface area contributed by atoms with Crippen molar-refractivity contribution in [1.82, 2.24) is 5.01 Å². The molecule has 1 aliphatic rings. The number of rotatable bonds is 1. The van der Waals surface area contributed by atoms with Gasteiger partial charge >= 0.3 is 0 Å². The Balaban J connectivity index is 0.00000106. The molecule has 3 N–H and O–H groups in total. The Morgan fingerprint density at radius 1 is 1.57 bits per heavy atom. The summed E-state index contributed by atoms with van der Waals surface area (Å²) in [5.74, 6) is 5.01. The molecule has 0 saturated heterocycles. The number of fused-ring (bicyclic) bond motifs is 1. The fourth-order valence-corrected chi connectivity index (χ4v) is 1.70. The van der Waals surface area contributed by atoms with Crippen LogP contribution in [0.2, 0.25) is 0 Å². The van der Waals surface area contributed by atoms with Crippen LogP contribution in [-0.4, -0.2) is 36.7 Å². The van der Waals surface area contributed by atoms with Crippen molar-refractivity contribution in [2.24, 2.45) is 5.84 Å². The van der Waals surface area contributed by atoms with E-state index in [4.69, 9.17) is 22.8 Å². The Morgan fingerprint density at radius 3 is 2.76 bits per heavy atom. The molecule has 1 aromatic rings. The normalized spacial score (nSPS) is 12.5. The molecule has 1 aromatic carbocycles. The highest BCUT2D eigenvalue weighted by Gasteiger charge is 2.24. The minimum Gasteiger partial charge on any atom is -0.481 e. The number of hydrogen-bond donors (Lipinski definition) is 2. The van der Waals surface area contributed by atoms with Crippen LogP contribution in [0, 0.1) is 18.7 Å². The summed E-state index contributed by atoms with van der Waals surface area (Å²) in [5, 5.41) is 3.97. The maximum atomic E-state index is 13.9. The number of benzene rings is 1. The van der Waals surface area contributed by atoms with Crippen molar-refractivity contribution < 1.29 is 13.9 Å². The van der Waals surface area contributed by atoms with Crippen molar-refractivity contribution >= 4 is 34.6 Å². The molecule has 8 heteroatoms. The number of anilines is 2. The minimum absolute atomic E-state index is 0.0976. The highest BCUT2D eigenvalue weighted by Crippen LogP contribution is 2.35. The maximum absolute atomic E-state index is 13.9. The molecule has 112 valence electrons. The van der Waals surface area contributed by atoms with Crippen molar-refractivity contribution in [3.05, 3.63) is 17.9 Å². The van der Waals surface area contributed by atoms with Crippen LogP contribution in [0.25, 0.3) is 0 Å². The first-order valence-electron chi connectivity index (χ1n) is 5.76. The van der Waals surface area contributed by atoms with Crippen LogP contribution in [0.4, 0.5) is 15.8 Å². The quantitative estimate of drug-likeness (QED) is 0.348. The van der Waals surface area contributed by atoms with E-state index in [9.17, 15) is 9.18 Å². The lowest BCUT2D eigenvalue weighted by Gasteiger charge is -2.27. The van der Waals surface area contributed by atoms with Crippen LogP contribution in [0.1, 0.15) is 0 Å². The molecule has 0 fully saturated rings. The first-order valence-corrected chi connectivity index (χ1v) is 6.16. The molecule has 0 unspecified atom stereocenters. The Bertz CT molecular complexity index is 589. The molecule has 0 aromatic heterocycles. The van der Waals surface area contributed by atoms with Crippen LogP contribution in [-0.2, 0) is 4.79 Å². The zero-order valence-electron chi connectivity index (χ0n) is 11.6. The monoisotopic (exact) mass is 310 g/mol.